The first-order valence-corrected chi connectivity index (χ1v) is 9.13. The normalized spacial score (nSPS) is 15.3. The number of thioether (sulfide) groups is 1. The number of para-hydroxylation sites is 1. The molecule has 4 nitrogen and oxygen atoms in total. The van der Waals surface area contributed by atoms with Crippen LogP contribution in [0.4, 0.5) is 4.79 Å². The van der Waals surface area contributed by atoms with E-state index >= 15 is 0 Å². The van der Waals surface area contributed by atoms with Crippen LogP contribution in [0.2, 0.25) is 0 Å². The van der Waals surface area contributed by atoms with Crippen molar-refractivity contribution < 1.29 is 9.53 Å². The summed E-state index contributed by atoms with van der Waals surface area (Å²) in [5.41, 5.74) is 2.32. The van der Waals surface area contributed by atoms with Crippen LogP contribution in [0.15, 0.2) is 18.2 Å². The molecule has 5 heteroatoms. The molecule has 0 saturated carbocycles. The van der Waals surface area contributed by atoms with Gasteiger partial charge in [-0.2, -0.15) is 11.8 Å². The molecule has 0 aliphatic carbocycles. The Hall–Kier alpha value is -1.36. The molecule has 1 heterocycles. The summed E-state index contributed by atoms with van der Waals surface area (Å²) in [4.78, 5) is 14.0. The molecule has 0 unspecified atom stereocenters. The lowest BCUT2D eigenvalue weighted by Gasteiger charge is -2.20. The van der Waals surface area contributed by atoms with Gasteiger partial charge >= 0.3 is 6.03 Å². The summed E-state index contributed by atoms with van der Waals surface area (Å²) in [5, 5.41) is 2.99. The first kappa shape index (κ1) is 17.0. The number of carbonyl (C=O) groups excluding carboxylic acids is 1. The molecule has 1 aromatic carbocycles. The standard InChI is InChI=1S/C17H26N2O2S/c1-14-6-3-7-15(2)16(14)21-11-4-8-18-17(20)19-9-5-12-22-13-10-19/h3,6-7H,4-5,8-13H2,1-2H3,(H,18,20). The van der Waals surface area contributed by atoms with E-state index in [1.165, 1.54) is 0 Å². The highest BCUT2D eigenvalue weighted by Gasteiger charge is 2.14. The quantitative estimate of drug-likeness (QED) is 0.846. The Kier molecular flexibility index (Phi) is 6.90. The van der Waals surface area contributed by atoms with Crippen LogP contribution in [-0.2, 0) is 0 Å². The molecule has 2 rings (SSSR count). The molecule has 0 aromatic heterocycles. The summed E-state index contributed by atoms with van der Waals surface area (Å²) in [6, 6.07) is 6.22. The Balaban J connectivity index is 1.65. The number of ether oxygens (including phenoxy) is 1. The van der Waals surface area contributed by atoms with E-state index in [-0.39, 0.29) is 6.03 Å². The maximum absolute atomic E-state index is 12.1. The minimum absolute atomic E-state index is 0.0644. The summed E-state index contributed by atoms with van der Waals surface area (Å²) in [5.74, 6) is 3.18. The van der Waals surface area contributed by atoms with Gasteiger partial charge in [0.25, 0.3) is 0 Å². The zero-order valence-electron chi connectivity index (χ0n) is 13.6. The summed E-state index contributed by atoms with van der Waals surface area (Å²) < 4.78 is 5.85. The van der Waals surface area contributed by atoms with Crippen LogP contribution in [0, 0.1) is 13.8 Å². The summed E-state index contributed by atoms with van der Waals surface area (Å²) in [6.07, 6.45) is 1.91. The van der Waals surface area contributed by atoms with Crippen LogP contribution < -0.4 is 10.1 Å². The van der Waals surface area contributed by atoms with Crippen molar-refractivity contribution in [2.45, 2.75) is 26.7 Å². The van der Waals surface area contributed by atoms with Crippen molar-refractivity contribution in [1.82, 2.24) is 10.2 Å². The Bertz CT molecular complexity index is 465. The van der Waals surface area contributed by atoms with Crippen LogP contribution in [0.3, 0.4) is 0 Å². The topological polar surface area (TPSA) is 41.6 Å². The highest BCUT2D eigenvalue weighted by molar-refractivity contribution is 7.99. The van der Waals surface area contributed by atoms with E-state index in [2.05, 4.69) is 31.3 Å². The molecule has 1 aromatic rings. The van der Waals surface area contributed by atoms with Crippen molar-refractivity contribution in [2.24, 2.45) is 0 Å². The van der Waals surface area contributed by atoms with Gasteiger partial charge in [-0.15, -0.1) is 0 Å². The van der Waals surface area contributed by atoms with Crippen LogP contribution in [0.1, 0.15) is 24.0 Å². The second-order valence-electron chi connectivity index (χ2n) is 5.61. The van der Waals surface area contributed by atoms with Gasteiger partial charge in [0.15, 0.2) is 0 Å². The van der Waals surface area contributed by atoms with Gasteiger partial charge < -0.3 is 15.0 Å². The van der Waals surface area contributed by atoms with Crippen molar-refractivity contribution in [1.29, 1.82) is 0 Å². The lowest BCUT2D eigenvalue weighted by Crippen LogP contribution is -2.41. The summed E-state index contributed by atoms with van der Waals surface area (Å²) >= 11 is 1.93. The largest absolute Gasteiger partial charge is 0.493 e. The Labute approximate surface area is 137 Å². The molecule has 122 valence electrons. The number of benzene rings is 1. The predicted octanol–water partition coefficient (Wildman–Crippen LogP) is 3.22. The van der Waals surface area contributed by atoms with E-state index in [9.17, 15) is 4.79 Å². The average Bonchev–Trinajstić information content (AvgIpc) is 2.78. The van der Waals surface area contributed by atoms with Crippen LogP contribution in [-0.4, -0.2) is 48.7 Å². The third-order valence-corrected chi connectivity index (χ3v) is 4.81. The Morgan fingerprint density at radius 3 is 2.82 bits per heavy atom. The van der Waals surface area contributed by atoms with Crippen molar-refractivity contribution in [2.75, 3.05) is 37.7 Å². The lowest BCUT2D eigenvalue weighted by molar-refractivity contribution is 0.200. The lowest BCUT2D eigenvalue weighted by atomic mass is 10.1. The molecular weight excluding hydrogens is 296 g/mol. The molecule has 0 radical (unpaired) electrons. The molecule has 1 N–H and O–H groups in total. The number of hydrogen-bond donors (Lipinski definition) is 1. The first-order valence-electron chi connectivity index (χ1n) is 7.98. The SMILES string of the molecule is Cc1cccc(C)c1OCCCNC(=O)N1CCCSCC1. The number of urea groups is 1. The summed E-state index contributed by atoms with van der Waals surface area (Å²) in [7, 11) is 0. The van der Waals surface area contributed by atoms with E-state index in [0.717, 1.165) is 54.3 Å². The fourth-order valence-electron chi connectivity index (χ4n) is 2.53. The highest BCUT2D eigenvalue weighted by atomic mass is 32.2. The molecule has 1 fully saturated rings. The van der Waals surface area contributed by atoms with Gasteiger partial charge in [-0.3, -0.25) is 0 Å². The van der Waals surface area contributed by atoms with E-state index < -0.39 is 0 Å². The fourth-order valence-corrected chi connectivity index (χ4v) is 3.42. The van der Waals surface area contributed by atoms with Gasteiger partial charge in [-0.1, -0.05) is 18.2 Å². The number of nitrogens with one attached hydrogen (secondary N) is 1. The van der Waals surface area contributed by atoms with Gasteiger partial charge in [-0.05, 0) is 43.6 Å². The molecule has 1 saturated heterocycles. The average molecular weight is 322 g/mol. The molecule has 1 aliphatic rings. The number of nitrogens with zero attached hydrogens (tertiary/aromatic N) is 1. The molecular formula is C17H26N2O2S. The second kappa shape index (κ2) is 8.93. The molecule has 22 heavy (non-hydrogen) atoms. The monoisotopic (exact) mass is 322 g/mol. The zero-order chi connectivity index (χ0) is 15.8. The zero-order valence-corrected chi connectivity index (χ0v) is 14.4. The minimum Gasteiger partial charge on any atom is -0.493 e. The van der Waals surface area contributed by atoms with E-state index in [1.807, 2.05) is 22.7 Å². The van der Waals surface area contributed by atoms with Crippen molar-refractivity contribution in [3.05, 3.63) is 29.3 Å². The molecule has 0 bridgehead atoms. The third kappa shape index (κ3) is 5.13. The van der Waals surface area contributed by atoms with Crippen molar-refractivity contribution in [3.63, 3.8) is 0 Å². The molecule has 0 atom stereocenters. The Morgan fingerprint density at radius 1 is 1.27 bits per heavy atom. The predicted molar refractivity (Wildman–Crippen MR) is 92.9 cm³/mol. The minimum atomic E-state index is 0.0644. The summed E-state index contributed by atoms with van der Waals surface area (Å²) in [6.45, 7) is 7.13. The first-order chi connectivity index (χ1) is 10.7. The van der Waals surface area contributed by atoms with E-state index in [0.29, 0.717) is 13.2 Å². The number of aryl methyl sites for hydroxylation is 2. The van der Waals surface area contributed by atoms with Gasteiger partial charge in [0, 0.05) is 25.4 Å². The van der Waals surface area contributed by atoms with Gasteiger partial charge in [0.2, 0.25) is 0 Å². The fraction of sp³-hybridized carbons (Fsp3) is 0.588. The molecule has 1 aliphatic heterocycles. The van der Waals surface area contributed by atoms with Crippen LogP contribution in [0.5, 0.6) is 5.75 Å². The second-order valence-corrected chi connectivity index (χ2v) is 6.83. The maximum atomic E-state index is 12.1. The van der Waals surface area contributed by atoms with Crippen molar-refractivity contribution in [3.8, 4) is 5.75 Å². The van der Waals surface area contributed by atoms with Gasteiger partial charge in [0.1, 0.15) is 5.75 Å². The number of rotatable bonds is 5. The van der Waals surface area contributed by atoms with E-state index in [1.54, 1.807) is 0 Å². The third-order valence-electron chi connectivity index (χ3n) is 3.76. The van der Waals surface area contributed by atoms with Crippen molar-refractivity contribution >= 4 is 17.8 Å². The van der Waals surface area contributed by atoms with Gasteiger partial charge in [-0.25, -0.2) is 4.79 Å². The van der Waals surface area contributed by atoms with Crippen LogP contribution >= 0.6 is 11.8 Å². The van der Waals surface area contributed by atoms with E-state index in [4.69, 9.17) is 4.74 Å². The number of amides is 2. The number of hydrogen-bond acceptors (Lipinski definition) is 3. The molecule has 0 spiro atoms. The molecule has 2 amide bonds. The highest BCUT2D eigenvalue weighted by Crippen LogP contribution is 2.22. The van der Waals surface area contributed by atoms with Crippen LogP contribution in [0.25, 0.3) is 0 Å². The maximum Gasteiger partial charge on any atom is 0.317 e. The smallest absolute Gasteiger partial charge is 0.317 e. The van der Waals surface area contributed by atoms with Gasteiger partial charge in [0.05, 0.1) is 6.61 Å². The number of carbonyl (C=O) groups is 1. The Morgan fingerprint density at radius 2 is 2.05 bits per heavy atom.